The number of carbonyl (C=O) groups excluding carboxylic acids is 7. The van der Waals surface area contributed by atoms with Crippen LogP contribution in [-0.2, 0) is 43.6 Å². The van der Waals surface area contributed by atoms with Crippen LogP contribution in [-0.4, -0.2) is 99.9 Å². The second-order valence-corrected chi connectivity index (χ2v) is 14.3. The highest BCUT2D eigenvalue weighted by molar-refractivity contribution is 5.94. The predicted octanol–water partition coefficient (Wildman–Crippen LogP) is 2.34. The van der Waals surface area contributed by atoms with Crippen molar-refractivity contribution in [2.24, 2.45) is 17.4 Å². The van der Waals surface area contributed by atoms with E-state index in [4.69, 9.17) is 11.5 Å². The monoisotopic (exact) mass is 814 g/mol. The van der Waals surface area contributed by atoms with Crippen molar-refractivity contribution in [3.8, 4) is 0 Å². The Bertz CT molecular complexity index is 1780. The van der Waals surface area contributed by atoms with Crippen molar-refractivity contribution in [1.82, 2.24) is 41.0 Å². The van der Waals surface area contributed by atoms with Crippen molar-refractivity contribution >= 4 is 41.4 Å². The molecule has 0 saturated carbocycles. The van der Waals surface area contributed by atoms with E-state index in [9.17, 15) is 33.6 Å². The Labute approximate surface area is 345 Å². The van der Waals surface area contributed by atoms with Crippen LogP contribution in [0.4, 0.5) is 9.59 Å². The fourth-order valence-corrected chi connectivity index (χ4v) is 6.31. The molecule has 0 fully saturated rings. The van der Waals surface area contributed by atoms with Gasteiger partial charge in [0.2, 0.25) is 17.7 Å². The van der Waals surface area contributed by atoms with Crippen LogP contribution in [0, 0.1) is 5.92 Å². The highest BCUT2D eigenvalue weighted by Crippen LogP contribution is 2.20. The molecule has 2 unspecified atom stereocenters. The number of carbonyl (C=O) groups is 7. The third kappa shape index (κ3) is 19.2. The van der Waals surface area contributed by atoms with E-state index >= 15 is 0 Å². The van der Waals surface area contributed by atoms with Crippen molar-refractivity contribution < 1.29 is 33.6 Å². The van der Waals surface area contributed by atoms with Crippen molar-refractivity contribution in [1.29, 1.82) is 0 Å². The predicted molar refractivity (Wildman–Crippen MR) is 221 cm³/mol. The highest BCUT2D eigenvalue weighted by atomic mass is 16.2. The van der Waals surface area contributed by atoms with Crippen LogP contribution in [0.5, 0.6) is 0 Å². The Hall–Kier alpha value is -6.23. The average molecular weight is 815 g/mol. The molecule has 2 aromatic heterocycles. The third-order valence-corrected chi connectivity index (χ3v) is 9.33. The minimum absolute atomic E-state index is 0.0684. The van der Waals surface area contributed by atoms with Gasteiger partial charge in [-0.3, -0.25) is 33.9 Å². The van der Waals surface area contributed by atoms with Crippen LogP contribution in [0.25, 0.3) is 0 Å². The van der Waals surface area contributed by atoms with E-state index < -0.39 is 41.6 Å². The first kappa shape index (κ1) is 47.1. The first-order valence-electron chi connectivity index (χ1n) is 19.9. The molecule has 3 aromatic rings. The summed E-state index contributed by atoms with van der Waals surface area (Å²) in [6, 6.07) is 13.8. The molecule has 17 heteroatoms. The van der Waals surface area contributed by atoms with Crippen molar-refractivity contribution in [3.05, 3.63) is 96.1 Å². The van der Waals surface area contributed by atoms with Gasteiger partial charge in [0.05, 0.1) is 25.7 Å². The maximum absolute atomic E-state index is 14.4. The number of benzene rings is 1. The van der Waals surface area contributed by atoms with Gasteiger partial charge < -0.3 is 42.5 Å². The van der Waals surface area contributed by atoms with E-state index in [1.165, 1.54) is 9.80 Å². The topological polar surface area (TPSA) is 252 Å². The number of nitrogens with one attached hydrogen (secondary N) is 4. The zero-order chi connectivity index (χ0) is 42.8. The number of pyridine rings is 2. The Morgan fingerprint density at radius 2 is 1.32 bits per heavy atom. The summed E-state index contributed by atoms with van der Waals surface area (Å²) in [4.78, 5) is 103. The molecule has 1 aromatic carbocycles. The number of hydrogen-bond acceptors (Lipinski definition) is 10. The van der Waals surface area contributed by atoms with Crippen LogP contribution in [0.15, 0.2) is 79.4 Å². The largest absolute Gasteiger partial charge is 0.352 e. The highest BCUT2D eigenvalue weighted by Gasteiger charge is 2.31. The molecule has 0 radical (unpaired) electrons. The summed E-state index contributed by atoms with van der Waals surface area (Å²) in [6.07, 6.45) is 8.78. The number of rotatable bonds is 28. The normalized spacial score (nSPS) is 11.7. The van der Waals surface area contributed by atoms with Gasteiger partial charge in [0.25, 0.3) is 0 Å². The van der Waals surface area contributed by atoms with E-state index in [0.717, 1.165) is 17.5 Å². The van der Waals surface area contributed by atoms with E-state index in [2.05, 4.69) is 31.2 Å². The lowest BCUT2D eigenvalue weighted by Crippen LogP contribution is -2.49. The van der Waals surface area contributed by atoms with E-state index in [1.54, 1.807) is 43.0 Å². The van der Waals surface area contributed by atoms with Gasteiger partial charge in [0.15, 0.2) is 11.6 Å². The number of unbranched alkanes of at least 4 members (excludes halogenated alkanes) is 1. The molecule has 2 atom stereocenters. The van der Waals surface area contributed by atoms with Crippen LogP contribution < -0.4 is 32.7 Å². The van der Waals surface area contributed by atoms with Crippen LogP contribution in [0.3, 0.4) is 0 Å². The standard InChI is InChI=1S/C42H58N10O7/c1-2-3-16-35(53)29-52(28-33-14-8-19-46-25-33)40(57)34(15-9-20-48-41(43)58)22-37(54)36(17-10-21-49-42(44)59)50-38(55)30-51(27-31-11-5-4-6-12-31)39(56)26-47-24-32-13-7-18-45-23-32/h4-8,11-14,18-19,23,25,34,36,47H,2-3,9-10,15-17,20-22,24,26-30H2,1H3,(H,50,55)(H3,43,48,58)(H3,44,49,59). The number of nitrogens with zero attached hydrogens (tertiary/aromatic N) is 4. The van der Waals surface area contributed by atoms with E-state index in [1.807, 2.05) is 43.3 Å². The third-order valence-electron chi connectivity index (χ3n) is 9.33. The summed E-state index contributed by atoms with van der Waals surface area (Å²) in [5.74, 6) is -2.91. The summed E-state index contributed by atoms with van der Waals surface area (Å²) >= 11 is 0. The molecule has 3 rings (SSSR count). The molecule has 0 aliphatic carbocycles. The van der Waals surface area contributed by atoms with E-state index in [0.29, 0.717) is 24.9 Å². The maximum Gasteiger partial charge on any atom is 0.312 e. The molecule has 0 spiro atoms. The number of nitrogens with two attached hydrogens (primary N) is 2. The van der Waals surface area contributed by atoms with Gasteiger partial charge in [-0.15, -0.1) is 0 Å². The van der Waals surface area contributed by atoms with Crippen molar-refractivity contribution in [2.45, 2.75) is 84.0 Å². The lowest BCUT2D eigenvalue weighted by atomic mass is 9.91. The van der Waals surface area contributed by atoms with Gasteiger partial charge in [0.1, 0.15) is 0 Å². The molecule has 8 N–H and O–H groups in total. The zero-order valence-electron chi connectivity index (χ0n) is 33.8. The number of urea groups is 2. The molecular weight excluding hydrogens is 757 g/mol. The minimum Gasteiger partial charge on any atom is -0.352 e. The average Bonchev–Trinajstić information content (AvgIpc) is 3.22. The summed E-state index contributed by atoms with van der Waals surface area (Å²) in [6.45, 7) is 2.22. The second kappa shape index (κ2) is 26.6. The number of hydrogen-bond donors (Lipinski definition) is 6. The van der Waals surface area contributed by atoms with Crippen LogP contribution >= 0.6 is 0 Å². The molecule has 7 amide bonds. The number of amides is 7. The SMILES string of the molecule is CCCCC(=O)CN(Cc1cccnc1)C(=O)C(CCCNC(N)=O)CC(=O)C(CCCNC(N)=O)NC(=O)CN(Cc1ccccc1)C(=O)CNCc1cccnc1. The number of primary amides is 2. The number of ketones is 2. The smallest absolute Gasteiger partial charge is 0.312 e. The first-order valence-corrected chi connectivity index (χ1v) is 19.9. The van der Waals surface area contributed by atoms with E-state index in [-0.39, 0.29) is 89.6 Å². The molecule has 17 nitrogen and oxygen atoms in total. The Morgan fingerprint density at radius 3 is 1.93 bits per heavy atom. The van der Waals surface area contributed by atoms with Gasteiger partial charge in [-0.05, 0) is 60.9 Å². The van der Waals surface area contributed by atoms with Gasteiger partial charge in [-0.2, -0.15) is 0 Å². The molecular formula is C42H58N10O7. The summed E-state index contributed by atoms with van der Waals surface area (Å²) in [5.41, 5.74) is 12.9. The van der Waals surface area contributed by atoms with Gasteiger partial charge in [0, 0.05) is 76.3 Å². The summed E-state index contributed by atoms with van der Waals surface area (Å²) < 4.78 is 0. The Kier molecular flexibility index (Phi) is 21.3. The molecule has 59 heavy (non-hydrogen) atoms. The zero-order valence-corrected chi connectivity index (χ0v) is 33.8. The summed E-state index contributed by atoms with van der Waals surface area (Å²) in [5, 5.41) is 10.9. The quantitative estimate of drug-likeness (QED) is 0.0584. The second-order valence-electron chi connectivity index (χ2n) is 14.3. The molecule has 0 saturated heterocycles. The van der Waals surface area contributed by atoms with Gasteiger partial charge in [-0.1, -0.05) is 55.8 Å². The molecule has 0 aliphatic heterocycles. The fourth-order valence-electron chi connectivity index (χ4n) is 6.31. The fraction of sp³-hybridized carbons (Fsp3) is 0.452. The number of aromatic nitrogens is 2. The first-order chi connectivity index (χ1) is 28.4. The van der Waals surface area contributed by atoms with Gasteiger partial charge >= 0.3 is 12.1 Å². The summed E-state index contributed by atoms with van der Waals surface area (Å²) in [7, 11) is 0. The lowest BCUT2D eigenvalue weighted by molar-refractivity contribution is -0.142. The molecule has 0 bridgehead atoms. The van der Waals surface area contributed by atoms with Crippen molar-refractivity contribution in [2.75, 3.05) is 32.7 Å². The van der Waals surface area contributed by atoms with Crippen LogP contribution in [0.1, 0.15) is 75.0 Å². The molecule has 0 aliphatic rings. The molecule has 2 heterocycles. The Morgan fingerprint density at radius 1 is 0.712 bits per heavy atom. The van der Waals surface area contributed by atoms with Crippen molar-refractivity contribution in [3.63, 3.8) is 0 Å². The van der Waals surface area contributed by atoms with Crippen LogP contribution in [0.2, 0.25) is 0 Å². The minimum atomic E-state index is -1.11. The lowest BCUT2D eigenvalue weighted by Gasteiger charge is -2.28. The Balaban J connectivity index is 1.84. The van der Waals surface area contributed by atoms with Gasteiger partial charge in [-0.25, -0.2) is 9.59 Å². The maximum atomic E-state index is 14.4. The number of Topliss-reactive ketones (excluding diaryl/α,β-unsaturated/α-hetero) is 2. The molecule has 318 valence electrons.